The Morgan fingerprint density at radius 1 is 1.18 bits per heavy atom. The van der Waals surface area contributed by atoms with Gasteiger partial charge in [0.1, 0.15) is 0 Å². The Morgan fingerprint density at radius 2 is 1.82 bits per heavy atom. The first-order chi connectivity index (χ1) is 15.5. The number of β-amino-alcohol motifs (C(OH)–C–C–N with tert-alkyl or cyclic N) is 1. The zero-order chi connectivity index (χ0) is 24.2. The number of aliphatic hydroxyl groups excluding tert-OH is 1. The van der Waals surface area contributed by atoms with Gasteiger partial charge in [0.25, 0.3) is 0 Å². The van der Waals surface area contributed by atoms with Crippen LogP contribution in [0.15, 0.2) is 24.3 Å². The summed E-state index contributed by atoms with van der Waals surface area (Å²) < 4.78 is 0. The fraction of sp³-hybridized carbons (Fsp3) is 0.692. The minimum absolute atomic E-state index is 0.00698. The number of carbonyl (C=O) groups excluding carboxylic acids is 2. The second-order valence-electron chi connectivity index (χ2n) is 11.0. The fourth-order valence-corrected chi connectivity index (χ4v) is 5.46. The molecule has 0 aromatic heterocycles. The Kier molecular flexibility index (Phi) is 8.95. The van der Waals surface area contributed by atoms with Crippen LogP contribution in [0.1, 0.15) is 64.9 Å². The summed E-state index contributed by atoms with van der Waals surface area (Å²) in [6.07, 6.45) is 5.20. The van der Waals surface area contributed by atoms with Gasteiger partial charge in [0.15, 0.2) is 5.78 Å². The number of carbonyl (C=O) groups is 2. The second-order valence-corrected chi connectivity index (χ2v) is 11.4. The van der Waals surface area contributed by atoms with Crippen LogP contribution >= 0.6 is 11.6 Å². The predicted molar refractivity (Wildman–Crippen MR) is 132 cm³/mol. The molecule has 184 valence electrons. The summed E-state index contributed by atoms with van der Waals surface area (Å²) in [6, 6.07) is 6.33. The average Bonchev–Trinajstić information content (AvgIpc) is 2.73. The summed E-state index contributed by atoms with van der Waals surface area (Å²) in [5.41, 5.74) is 6.76. The highest BCUT2D eigenvalue weighted by molar-refractivity contribution is 6.30. The van der Waals surface area contributed by atoms with Crippen molar-refractivity contribution >= 4 is 23.3 Å². The third-order valence-electron chi connectivity index (χ3n) is 6.97. The molecule has 0 spiro atoms. The first-order valence-corrected chi connectivity index (χ1v) is 12.7. The monoisotopic (exact) mass is 477 g/mol. The van der Waals surface area contributed by atoms with Crippen LogP contribution in [0, 0.1) is 11.8 Å². The maximum atomic E-state index is 13.1. The molecule has 2 fully saturated rings. The minimum Gasteiger partial charge on any atom is -0.391 e. The van der Waals surface area contributed by atoms with Crippen molar-refractivity contribution in [1.82, 2.24) is 10.2 Å². The molecule has 33 heavy (non-hydrogen) atoms. The number of nitrogens with zero attached hydrogens (tertiary/aromatic N) is 1. The van der Waals surface area contributed by atoms with Gasteiger partial charge in [-0.15, -0.1) is 0 Å². The Hall–Kier alpha value is -1.47. The van der Waals surface area contributed by atoms with Gasteiger partial charge in [-0.2, -0.15) is 0 Å². The number of benzene rings is 1. The van der Waals surface area contributed by atoms with E-state index in [2.05, 4.69) is 10.2 Å². The molecule has 6 nitrogen and oxygen atoms in total. The number of fused-ring (bicyclic) bond motifs is 1. The van der Waals surface area contributed by atoms with Crippen LogP contribution in [-0.2, 0) is 16.0 Å². The van der Waals surface area contributed by atoms with Crippen molar-refractivity contribution in [3.63, 3.8) is 0 Å². The Balaban J connectivity index is 1.60. The van der Waals surface area contributed by atoms with Gasteiger partial charge in [-0.25, -0.2) is 0 Å². The molecule has 1 aliphatic heterocycles. The zero-order valence-electron chi connectivity index (χ0n) is 20.2. The molecule has 7 heteroatoms. The number of amides is 1. The zero-order valence-corrected chi connectivity index (χ0v) is 21.0. The highest BCUT2D eigenvalue weighted by Crippen LogP contribution is 2.38. The number of nitrogens with one attached hydrogen (secondary N) is 1. The first kappa shape index (κ1) is 26.1. The largest absolute Gasteiger partial charge is 0.391 e. The van der Waals surface area contributed by atoms with Crippen molar-refractivity contribution in [2.24, 2.45) is 17.6 Å². The molecule has 1 saturated heterocycles. The van der Waals surface area contributed by atoms with E-state index in [0.717, 1.165) is 18.5 Å². The molecule has 1 amide bonds. The Morgan fingerprint density at radius 3 is 2.45 bits per heavy atom. The van der Waals surface area contributed by atoms with Crippen LogP contribution in [0.25, 0.3) is 0 Å². The SMILES string of the molecule is CC(C)(C)NC(=O)[C@@H]1C[C@@H]2CCCC[C@@H]2CN1C[C@H](O)CC(=O)[C@@H](N)Cc1ccc(Cl)cc1. The topological polar surface area (TPSA) is 95.7 Å². The number of hydrogen-bond acceptors (Lipinski definition) is 5. The van der Waals surface area contributed by atoms with E-state index >= 15 is 0 Å². The van der Waals surface area contributed by atoms with Gasteiger partial charge >= 0.3 is 0 Å². The first-order valence-electron chi connectivity index (χ1n) is 12.3. The summed E-state index contributed by atoms with van der Waals surface area (Å²) in [5, 5.41) is 14.5. The predicted octanol–water partition coefficient (Wildman–Crippen LogP) is 3.33. The van der Waals surface area contributed by atoms with Crippen molar-refractivity contribution in [3.05, 3.63) is 34.9 Å². The van der Waals surface area contributed by atoms with Gasteiger partial charge < -0.3 is 16.2 Å². The quantitative estimate of drug-likeness (QED) is 0.533. The highest BCUT2D eigenvalue weighted by atomic mass is 35.5. The number of ketones is 1. The number of piperidine rings is 1. The number of rotatable bonds is 8. The smallest absolute Gasteiger partial charge is 0.237 e. The molecule has 5 atom stereocenters. The van der Waals surface area contributed by atoms with E-state index < -0.39 is 12.1 Å². The van der Waals surface area contributed by atoms with E-state index in [9.17, 15) is 14.7 Å². The second kappa shape index (κ2) is 11.3. The third kappa shape index (κ3) is 7.78. The summed E-state index contributed by atoms with van der Waals surface area (Å²) in [5.74, 6) is 0.981. The lowest BCUT2D eigenvalue weighted by molar-refractivity contribution is -0.132. The summed E-state index contributed by atoms with van der Waals surface area (Å²) in [4.78, 5) is 27.9. The number of aliphatic hydroxyl groups is 1. The lowest BCUT2D eigenvalue weighted by atomic mass is 9.72. The van der Waals surface area contributed by atoms with Crippen molar-refractivity contribution < 1.29 is 14.7 Å². The summed E-state index contributed by atoms with van der Waals surface area (Å²) in [7, 11) is 0. The molecule has 1 aliphatic carbocycles. The molecule has 0 bridgehead atoms. The third-order valence-corrected chi connectivity index (χ3v) is 7.22. The normalized spacial score (nSPS) is 25.7. The molecular weight excluding hydrogens is 438 g/mol. The van der Waals surface area contributed by atoms with Crippen LogP contribution in [0.3, 0.4) is 0 Å². The van der Waals surface area contributed by atoms with Gasteiger partial charge in [-0.05, 0) is 69.6 Å². The van der Waals surface area contributed by atoms with Crippen molar-refractivity contribution in [2.75, 3.05) is 13.1 Å². The van der Waals surface area contributed by atoms with E-state index in [0.29, 0.717) is 29.8 Å². The van der Waals surface area contributed by atoms with Crippen LogP contribution < -0.4 is 11.1 Å². The lowest BCUT2D eigenvalue weighted by Crippen LogP contribution is -2.58. The van der Waals surface area contributed by atoms with E-state index in [1.165, 1.54) is 25.7 Å². The molecule has 1 aromatic rings. The Bertz CT molecular complexity index is 808. The number of hydrogen-bond donors (Lipinski definition) is 3. The average molecular weight is 478 g/mol. The standard InChI is InChI=1S/C26H40ClN3O3/c1-26(2,3)29-25(33)23-13-18-6-4-5-7-19(18)15-30(23)16-21(31)14-24(32)22(28)12-17-8-10-20(27)11-9-17/h8-11,18-19,21-23,31H,4-7,12-16,28H2,1-3H3,(H,29,33)/t18-,19+,21+,22-,23-/m0/s1. The number of likely N-dealkylation sites (tertiary alicyclic amines) is 1. The molecule has 1 aromatic carbocycles. The van der Waals surface area contributed by atoms with E-state index in [-0.39, 0.29) is 29.7 Å². The van der Waals surface area contributed by atoms with Gasteiger partial charge in [0.05, 0.1) is 18.2 Å². The molecular formula is C26H40ClN3O3. The molecule has 1 saturated carbocycles. The number of nitrogens with two attached hydrogens (primary N) is 1. The highest BCUT2D eigenvalue weighted by Gasteiger charge is 2.41. The van der Waals surface area contributed by atoms with Gasteiger partial charge in [-0.3, -0.25) is 14.5 Å². The molecule has 4 N–H and O–H groups in total. The van der Waals surface area contributed by atoms with Gasteiger partial charge in [-0.1, -0.05) is 43.0 Å². The summed E-state index contributed by atoms with van der Waals surface area (Å²) >= 11 is 5.92. The molecule has 0 unspecified atom stereocenters. The van der Waals surface area contributed by atoms with Crippen LogP contribution in [0.2, 0.25) is 5.02 Å². The van der Waals surface area contributed by atoms with Crippen LogP contribution in [0.4, 0.5) is 0 Å². The van der Waals surface area contributed by atoms with E-state index in [1.807, 2.05) is 32.9 Å². The van der Waals surface area contributed by atoms with Crippen molar-refractivity contribution in [2.45, 2.75) is 89.4 Å². The number of Topliss-reactive ketones (excluding diaryl/α,β-unsaturated/α-hetero) is 1. The molecule has 3 rings (SSSR count). The Labute approximate surface area is 203 Å². The van der Waals surface area contributed by atoms with Crippen LogP contribution in [0.5, 0.6) is 0 Å². The maximum absolute atomic E-state index is 13.1. The fourth-order valence-electron chi connectivity index (χ4n) is 5.33. The maximum Gasteiger partial charge on any atom is 0.237 e. The van der Waals surface area contributed by atoms with Crippen molar-refractivity contribution in [3.8, 4) is 0 Å². The van der Waals surface area contributed by atoms with Gasteiger partial charge in [0, 0.05) is 30.1 Å². The minimum atomic E-state index is -0.848. The van der Waals surface area contributed by atoms with Gasteiger partial charge in [0.2, 0.25) is 5.91 Å². The molecule has 1 heterocycles. The lowest BCUT2D eigenvalue weighted by Gasteiger charge is -2.46. The molecule has 2 aliphatic rings. The van der Waals surface area contributed by atoms with Crippen LogP contribution in [-0.4, -0.2) is 58.5 Å². The van der Waals surface area contributed by atoms with E-state index in [4.69, 9.17) is 17.3 Å². The number of halogens is 1. The molecule has 0 radical (unpaired) electrons. The van der Waals surface area contributed by atoms with Crippen molar-refractivity contribution in [1.29, 1.82) is 0 Å². The summed E-state index contributed by atoms with van der Waals surface area (Å²) in [6.45, 7) is 7.06. The van der Waals surface area contributed by atoms with E-state index in [1.54, 1.807) is 12.1 Å².